The molecule has 1 amide bonds. The summed E-state index contributed by atoms with van der Waals surface area (Å²) < 4.78 is 5.45. The molecule has 2 aromatic rings. The van der Waals surface area contributed by atoms with Crippen LogP contribution in [0.3, 0.4) is 0 Å². The molecule has 4 nitrogen and oxygen atoms in total. The van der Waals surface area contributed by atoms with Gasteiger partial charge in [-0.2, -0.15) is 0 Å². The zero-order valence-electron chi connectivity index (χ0n) is 11.8. The molecule has 21 heavy (non-hydrogen) atoms. The molecule has 0 saturated carbocycles. The van der Waals surface area contributed by atoms with Gasteiger partial charge in [-0.15, -0.1) is 0 Å². The highest BCUT2D eigenvalue weighted by Gasteiger charge is 2.24. The predicted molar refractivity (Wildman–Crippen MR) is 82.8 cm³/mol. The molecule has 0 spiro atoms. The molecule has 4 heteroatoms. The van der Waals surface area contributed by atoms with Gasteiger partial charge in [0.1, 0.15) is 12.4 Å². The van der Waals surface area contributed by atoms with Gasteiger partial charge in [-0.25, -0.2) is 0 Å². The lowest BCUT2D eigenvalue weighted by molar-refractivity contribution is 0.0980. The van der Waals surface area contributed by atoms with Crippen LogP contribution in [0.2, 0.25) is 0 Å². The van der Waals surface area contributed by atoms with E-state index in [-0.39, 0.29) is 5.91 Å². The number of rotatable bonds is 4. The zero-order chi connectivity index (χ0) is 14.7. The Hall–Kier alpha value is -2.33. The molecule has 1 aliphatic heterocycles. The highest BCUT2D eigenvalue weighted by atomic mass is 16.5. The van der Waals surface area contributed by atoms with E-state index < -0.39 is 0 Å². The van der Waals surface area contributed by atoms with Gasteiger partial charge in [-0.05, 0) is 42.3 Å². The molecule has 0 aliphatic carbocycles. The Bertz CT molecular complexity index is 637. The summed E-state index contributed by atoms with van der Waals surface area (Å²) in [7, 11) is 0. The lowest BCUT2D eigenvalue weighted by atomic mass is 9.98. The maximum Gasteiger partial charge on any atom is 0.258 e. The van der Waals surface area contributed by atoms with Crippen LogP contribution in [0.15, 0.2) is 48.5 Å². The molecule has 2 aromatic carbocycles. The van der Waals surface area contributed by atoms with Crippen molar-refractivity contribution < 1.29 is 9.53 Å². The molecule has 1 aliphatic rings. The van der Waals surface area contributed by atoms with Crippen molar-refractivity contribution in [2.24, 2.45) is 5.73 Å². The molecule has 0 radical (unpaired) electrons. The van der Waals surface area contributed by atoms with E-state index in [1.807, 2.05) is 53.4 Å². The second-order valence-electron chi connectivity index (χ2n) is 4.99. The molecule has 108 valence electrons. The van der Waals surface area contributed by atoms with Crippen molar-refractivity contribution in [1.29, 1.82) is 0 Å². The van der Waals surface area contributed by atoms with E-state index in [4.69, 9.17) is 10.5 Å². The highest BCUT2D eigenvalue weighted by molar-refractivity contribution is 6.08. The van der Waals surface area contributed by atoms with E-state index in [9.17, 15) is 4.79 Å². The van der Waals surface area contributed by atoms with Crippen LogP contribution in [0.4, 0.5) is 5.69 Å². The number of hydrogen-bond donors (Lipinski definition) is 1. The van der Waals surface area contributed by atoms with Crippen molar-refractivity contribution in [2.45, 2.75) is 6.42 Å². The maximum atomic E-state index is 12.6. The third-order valence-corrected chi connectivity index (χ3v) is 3.63. The van der Waals surface area contributed by atoms with Gasteiger partial charge in [0.25, 0.3) is 5.91 Å². The van der Waals surface area contributed by atoms with Gasteiger partial charge in [-0.3, -0.25) is 4.79 Å². The number of amides is 1. The molecule has 0 unspecified atom stereocenters. The lowest BCUT2D eigenvalue weighted by Gasteiger charge is -2.28. The quantitative estimate of drug-likeness (QED) is 0.935. The number of hydrogen-bond acceptors (Lipinski definition) is 3. The fourth-order valence-electron chi connectivity index (χ4n) is 2.57. The Labute approximate surface area is 124 Å². The molecule has 3 rings (SSSR count). The summed E-state index contributed by atoms with van der Waals surface area (Å²) in [4.78, 5) is 14.4. The Morgan fingerprint density at radius 1 is 1.10 bits per heavy atom. The normalized spacial score (nSPS) is 14.0. The van der Waals surface area contributed by atoms with Gasteiger partial charge >= 0.3 is 0 Å². The van der Waals surface area contributed by atoms with E-state index in [1.54, 1.807) is 0 Å². The maximum absolute atomic E-state index is 12.6. The Morgan fingerprint density at radius 3 is 2.62 bits per heavy atom. The number of anilines is 1. The van der Waals surface area contributed by atoms with Gasteiger partial charge in [-0.1, -0.05) is 18.2 Å². The monoisotopic (exact) mass is 282 g/mol. The summed E-state index contributed by atoms with van der Waals surface area (Å²) in [5, 5.41) is 0. The number of fused-ring (bicyclic) bond motifs is 1. The van der Waals surface area contributed by atoms with Crippen LogP contribution in [0, 0.1) is 0 Å². The minimum atomic E-state index is 0.0625. The number of nitrogens with zero attached hydrogens (tertiary/aromatic N) is 1. The largest absolute Gasteiger partial charge is 0.492 e. The van der Waals surface area contributed by atoms with Crippen molar-refractivity contribution in [3.8, 4) is 5.75 Å². The van der Waals surface area contributed by atoms with Crippen LogP contribution in [0.1, 0.15) is 15.9 Å². The molecule has 0 fully saturated rings. The molecule has 1 heterocycles. The fourth-order valence-corrected chi connectivity index (χ4v) is 2.57. The van der Waals surface area contributed by atoms with E-state index >= 15 is 0 Å². The average molecular weight is 282 g/mol. The molecule has 0 atom stereocenters. The summed E-state index contributed by atoms with van der Waals surface area (Å²) in [5.41, 5.74) is 8.23. The van der Waals surface area contributed by atoms with E-state index in [2.05, 4.69) is 0 Å². The van der Waals surface area contributed by atoms with Crippen molar-refractivity contribution in [3.05, 3.63) is 59.7 Å². The van der Waals surface area contributed by atoms with Crippen molar-refractivity contribution in [3.63, 3.8) is 0 Å². The lowest BCUT2D eigenvalue weighted by Crippen LogP contribution is -2.37. The molecular formula is C17H18N2O2. The van der Waals surface area contributed by atoms with Crippen molar-refractivity contribution in [1.82, 2.24) is 0 Å². The summed E-state index contributed by atoms with van der Waals surface area (Å²) in [6.07, 6.45) is 0.882. The van der Waals surface area contributed by atoms with Gasteiger partial charge in [0.05, 0.1) is 0 Å². The first-order chi connectivity index (χ1) is 10.3. The van der Waals surface area contributed by atoms with Gasteiger partial charge in [0.2, 0.25) is 0 Å². The van der Waals surface area contributed by atoms with E-state index in [1.165, 1.54) is 0 Å². The molecule has 0 aromatic heterocycles. The minimum absolute atomic E-state index is 0.0625. The second-order valence-corrected chi connectivity index (χ2v) is 4.99. The van der Waals surface area contributed by atoms with E-state index in [0.29, 0.717) is 19.7 Å². The predicted octanol–water partition coefficient (Wildman–Crippen LogP) is 2.23. The number of ether oxygens (including phenoxy) is 1. The van der Waals surface area contributed by atoms with Crippen molar-refractivity contribution in [2.75, 3.05) is 24.6 Å². The third-order valence-electron chi connectivity index (χ3n) is 3.63. The number of carbonyl (C=O) groups is 1. The molecular weight excluding hydrogens is 264 g/mol. The summed E-state index contributed by atoms with van der Waals surface area (Å²) >= 11 is 0. The Morgan fingerprint density at radius 2 is 1.86 bits per heavy atom. The van der Waals surface area contributed by atoms with Crippen LogP contribution in [-0.2, 0) is 6.42 Å². The number of nitrogens with two attached hydrogens (primary N) is 1. The summed E-state index contributed by atoms with van der Waals surface area (Å²) in [6, 6.07) is 15.4. The van der Waals surface area contributed by atoms with Crippen LogP contribution in [0.25, 0.3) is 0 Å². The first-order valence-corrected chi connectivity index (χ1v) is 7.12. The standard InChI is InChI=1S/C17H18N2O2/c18-10-12-21-15-7-5-14(6-8-15)19-11-9-13-3-1-2-4-16(13)17(19)20/h1-8H,9-12,18H2. The van der Waals surface area contributed by atoms with Gasteiger partial charge < -0.3 is 15.4 Å². The van der Waals surface area contributed by atoms with Gasteiger partial charge in [0.15, 0.2) is 0 Å². The van der Waals surface area contributed by atoms with Crippen LogP contribution in [-0.4, -0.2) is 25.6 Å². The minimum Gasteiger partial charge on any atom is -0.492 e. The first kappa shape index (κ1) is 13.6. The Balaban J connectivity index is 1.80. The van der Waals surface area contributed by atoms with Gasteiger partial charge in [0, 0.05) is 24.3 Å². The third kappa shape index (κ3) is 2.76. The number of benzene rings is 2. The SMILES string of the molecule is NCCOc1ccc(N2CCc3ccccc3C2=O)cc1. The highest BCUT2D eigenvalue weighted by Crippen LogP contribution is 2.26. The first-order valence-electron chi connectivity index (χ1n) is 7.12. The summed E-state index contributed by atoms with van der Waals surface area (Å²) in [6.45, 7) is 1.69. The molecule has 0 bridgehead atoms. The number of carbonyl (C=O) groups excluding carboxylic acids is 1. The van der Waals surface area contributed by atoms with Crippen LogP contribution >= 0.6 is 0 Å². The second kappa shape index (κ2) is 5.97. The average Bonchev–Trinajstić information content (AvgIpc) is 2.54. The molecule has 0 saturated heterocycles. The molecule has 2 N–H and O–H groups in total. The smallest absolute Gasteiger partial charge is 0.258 e. The summed E-state index contributed by atoms with van der Waals surface area (Å²) in [5.74, 6) is 0.835. The van der Waals surface area contributed by atoms with E-state index in [0.717, 1.165) is 29.0 Å². The Kier molecular flexibility index (Phi) is 3.88. The van der Waals surface area contributed by atoms with Crippen molar-refractivity contribution >= 4 is 11.6 Å². The zero-order valence-corrected chi connectivity index (χ0v) is 11.8. The fraction of sp³-hybridized carbons (Fsp3) is 0.235. The van der Waals surface area contributed by atoms with Crippen LogP contribution < -0.4 is 15.4 Å². The van der Waals surface area contributed by atoms with Crippen LogP contribution in [0.5, 0.6) is 5.75 Å². The topological polar surface area (TPSA) is 55.6 Å².